The molecule has 2 nitrogen and oxygen atoms in total. The van der Waals surface area contributed by atoms with E-state index in [-0.39, 0.29) is 0 Å². The molecule has 0 fully saturated rings. The first kappa shape index (κ1) is 16.5. The number of fused-ring (bicyclic) bond motifs is 11. The molecule has 142 valence electrons. The molecule has 0 radical (unpaired) electrons. The van der Waals surface area contributed by atoms with Gasteiger partial charge in [-0.05, 0) is 46.5 Å². The van der Waals surface area contributed by atoms with Crippen LogP contribution in [0.25, 0.3) is 22.1 Å². The Kier molecular flexibility index (Phi) is 3.10. The summed E-state index contributed by atoms with van der Waals surface area (Å²) in [4.78, 5) is 0. The molecule has 0 amide bonds. The first-order valence-corrected chi connectivity index (χ1v) is 10.8. The van der Waals surface area contributed by atoms with Gasteiger partial charge in [0.05, 0.1) is 5.39 Å². The third-order valence-corrected chi connectivity index (χ3v) is 6.89. The van der Waals surface area contributed by atoms with E-state index in [1.807, 2.05) is 18.2 Å². The van der Waals surface area contributed by atoms with E-state index in [9.17, 15) is 0 Å². The molecule has 1 aliphatic carbocycles. The van der Waals surface area contributed by atoms with Crippen LogP contribution in [0.15, 0.2) is 99.9 Å². The van der Waals surface area contributed by atoms with Gasteiger partial charge in [0.25, 0.3) is 0 Å². The maximum atomic E-state index is 6.61. The molecule has 0 unspecified atom stereocenters. The maximum Gasteiger partial charge on any atom is 0.178 e. The summed E-state index contributed by atoms with van der Waals surface area (Å²) in [6.07, 6.45) is 0. The predicted molar refractivity (Wildman–Crippen MR) is 121 cm³/mol. The fraction of sp³-hybridized carbons (Fsp3) is 0.0370. The number of furan rings is 1. The molecule has 1 aromatic heterocycles. The van der Waals surface area contributed by atoms with Gasteiger partial charge in [-0.15, -0.1) is 0 Å². The Morgan fingerprint density at radius 3 is 2.03 bits per heavy atom. The van der Waals surface area contributed by atoms with Crippen molar-refractivity contribution in [2.24, 2.45) is 0 Å². The van der Waals surface area contributed by atoms with E-state index in [1.54, 1.807) is 0 Å². The lowest BCUT2D eigenvalue weighted by Crippen LogP contribution is -2.31. The van der Waals surface area contributed by atoms with Gasteiger partial charge in [-0.3, -0.25) is 0 Å². The highest BCUT2D eigenvalue weighted by Crippen LogP contribution is 2.63. The Morgan fingerprint density at radius 1 is 0.667 bits per heavy atom. The minimum atomic E-state index is -0.539. The van der Waals surface area contributed by atoms with Gasteiger partial charge in [0.2, 0.25) is 0 Å². The first-order chi connectivity index (χ1) is 14.8. The molecule has 0 saturated carbocycles. The van der Waals surface area contributed by atoms with Crippen molar-refractivity contribution in [2.45, 2.75) is 5.41 Å². The topological polar surface area (TPSA) is 22.4 Å². The number of hydrogen-bond acceptors (Lipinski definition) is 2. The van der Waals surface area contributed by atoms with Crippen molar-refractivity contribution in [3.63, 3.8) is 0 Å². The zero-order valence-electron chi connectivity index (χ0n) is 15.9. The van der Waals surface area contributed by atoms with E-state index in [1.165, 1.54) is 22.3 Å². The number of hydrogen-bond donors (Lipinski definition) is 0. The van der Waals surface area contributed by atoms with Gasteiger partial charge in [0.1, 0.15) is 16.7 Å². The molecule has 7 rings (SSSR count). The molecular weight excluding hydrogens is 436 g/mol. The summed E-state index contributed by atoms with van der Waals surface area (Å²) in [7, 11) is 0. The Labute approximate surface area is 181 Å². The molecule has 0 N–H and O–H groups in total. The third-order valence-electron chi connectivity index (χ3n) is 6.40. The van der Waals surface area contributed by atoms with Crippen molar-refractivity contribution >= 4 is 26.9 Å². The van der Waals surface area contributed by atoms with Crippen LogP contribution in [0.1, 0.15) is 22.5 Å². The molecule has 0 bridgehead atoms. The number of para-hydroxylation sites is 1. The van der Waals surface area contributed by atoms with E-state index >= 15 is 0 Å². The van der Waals surface area contributed by atoms with E-state index in [0.717, 1.165) is 38.3 Å². The van der Waals surface area contributed by atoms with Gasteiger partial charge in [-0.25, -0.2) is 0 Å². The smallest absolute Gasteiger partial charge is 0.178 e. The molecule has 1 spiro atoms. The standard InChI is InChI=1S/C27H15BrO2/c28-16-13-14-23-19(15-16)25-26(30-23)27(22-11-5-6-12-24(22)29-25)20-9-3-1-7-17(20)18-8-2-4-10-21(18)27/h1-15H. The quantitative estimate of drug-likeness (QED) is 0.236. The molecule has 0 saturated heterocycles. The van der Waals surface area contributed by atoms with Crippen molar-refractivity contribution in [1.29, 1.82) is 0 Å². The van der Waals surface area contributed by atoms with Crippen LogP contribution >= 0.6 is 15.9 Å². The molecule has 2 heterocycles. The van der Waals surface area contributed by atoms with E-state index in [0.29, 0.717) is 0 Å². The summed E-state index contributed by atoms with van der Waals surface area (Å²) >= 11 is 3.61. The lowest BCUT2D eigenvalue weighted by Gasteiger charge is -2.36. The Hall–Kier alpha value is -3.30. The number of halogens is 1. The maximum absolute atomic E-state index is 6.61. The van der Waals surface area contributed by atoms with Crippen LogP contribution in [0.5, 0.6) is 11.5 Å². The fourth-order valence-electron chi connectivity index (χ4n) is 5.26. The van der Waals surface area contributed by atoms with Crippen molar-refractivity contribution in [3.8, 4) is 22.6 Å². The van der Waals surface area contributed by atoms with Crippen LogP contribution in [-0.2, 0) is 5.41 Å². The molecular formula is C27H15BrO2. The first-order valence-electron chi connectivity index (χ1n) is 9.98. The average Bonchev–Trinajstić information content (AvgIpc) is 3.29. The zero-order chi connectivity index (χ0) is 19.9. The minimum Gasteiger partial charge on any atom is -0.455 e. The third kappa shape index (κ3) is 1.85. The Bertz CT molecular complexity index is 1450. The highest BCUT2D eigenvalue weighted by atomic mass is 79.9. The second kappa shape index (κ2) is 5.65. The summed E-state index contributed by atoms with van der Waals surface area (Å²) in [6.45, 7) is 0. The van der Waals surface area contributed by atoms with Gasteiger partial charge < -0.3 is 9.15 Å². The molecule has 30 heavy (non-hydrogen) atoms. The monoisotopic (exact) mass is 450 g/mol. The van der Waals surface area contributed by atoms with Crippen molar-refractivity contribution in [1.82, 2.24) is 0 Å². The van der Waals surface area contributed by atoms with Crippen LogP contribution in [0, 0.1) is 0 Å². The fourth-order valence-corrected chi connectivity index (χ4v) is 5.62. The highest BCUT2D eigenvalue weighted by molar-refractivity contribution is 9.10. The molecule has 0 atom stereocenters. The minimum absolute atomic E-state index is 0.539. The van der Waals surface area contributed by atoms with Crippen molar-refractivity contribution < 1.29 is 9.15 Å². The zero-order valence-corrected chi connectivity index (χ0v) is 17.4. The molecule has 3 heteroatoms. The largest absolute Gasteiger partial charge is 0.455 e. The van der Waals surface area contributed by atoms with Crippen molar-refractivity contribution in [3.05, 3.63) is 118 Å². The summed E-state index contributed by atoms with van der Waals surface area (Å²) in [5.41, 5.74) is 6.38. The van der Waals surface area contributed by atoms with Gasteiger partial charge in [-0.2, -0.15) is 0 Å². The Morgan fingerprint density at radius 2 is 1.30 bits per heavy atom. The van der Waals surface area contributed by atoms with Crippen LogP contribution in [0.3, 0.4) is 0 Å². The summed E-state index contributed by atoms with van der Waals surface area (Å²) in [5.74, 6) is 2.53. The second-order valence-electron chi connectivity index (χ2n) is 7.84. The SMILES string of the molecule is Brc1ccc2oc3c(c2c1)Oc1ccccc1C31c2ccccc2-c2ccccc21. The second-order valence-corrected chi connectivity index (χ2v) is 8.76. The van der Waals surface area contributed by atoms with E-state index < -0.39 is 5.41 Å². The van der Waals surface area contributed by atoms with E-state index in [2.05, 4.69) is 88.7 Å². The van der Waals surface area contributed by atoms with Crippen LogP contribution < -0.4 is 4.74 Å². The molecule has 4 aromatic carbocycles. The molecule has 2 aliphatic rings. The lowest BCUT2D eigenvalue weighted by atomic mass is 9.69. The van der Waals surface area contributed by atoms with Gasteiger partial charge in [0.15, 0.2) is 11.5 Å². The number of benzene rings is 4. The van der Waals surface area contributed by atoms with Crippen LogP contribution in [0.4, 0.5) is 0 Å². The molecule has 1 aliphatic heterocycles. The number of rotatable bonds is 0. The van der Waals surface area contributed by atoms with Gasteiger partial charge in [0, 0.05) is 10.0 Å². The highest BCUT2D eigenvalue weighted by Gasteiger charge is 2.54. The van der Waals surface area contributed by atoms with Gasteiger partial charge in [-0.1, -0.05) is 82.7 Å². The van der Waals surface area contributed by atoms with Crippen LogP contribution in [0.2, 0.25) is 0 Å². The van der Waals surface area contributed by atoms with Crippen LogP contribution in [-0.4, -0.2) is 0 Å². The normalized spacial score (nSPS) is 14.7. The van der Waals surface area contributed by atoms with Crippen molar-refractivity contribution in [2.75, 3.05) is 0 Å². The van der Waals surface area contributed by atoms with Gasteiger partial charge >= 0.3 is 0 Å². The number of ether oxygens (including phenoxy) is 1. The molecule has 5 aromatic rings. The Balaban J connectivity index is 1.73. The summed E-state index contributed by atoms with van der Waals surface area (Å²) < 4.78 is 14.1. The average molecular weight is 451 g/mol. The van der Waals surface area contributed by atoms with E-state index in [4.69, 9.17) is 9.15 Å². The predicted octanol–water partition coefficient (Wildman–Crippen LogP) is 7.66. The summed E-state index contributed by atoms with van der Waals surface area (Å²) in [6, 6.07) is 31.7. The lowest BCUT2D eigenvalue weighted by molar-refractivity contribution is 0.389. The summed E-state index contributed by atoms with van der Waals surface area (Å²) in [5, 5.41) is 0.982.